The van der Waals surface area contributed by atoms with Crippen molar-refractivity contribution >= 4 is 5.91 Å². The van der Waals surface area contributed by atoms with Crippen LogP contribution in [0, 0.1) is 0 Å². The summed E-state index contributed by atoms with van der Waals surface area (Å²) in [4.78, 5) is 11.5. The van der Waals surface area contributed by atoms with Gasteiger partial charge in [0.1, 0.15) is 0 Å². The van der Waals surface area contributed by atoms with Gasteiger partial charge in [0.2, 0.25) is 5.91 Å². The highest BCUT2D eigenvalue weighted by Crippen LogP contribution is 2.28. The van der Waals surface area contributed by atoms with Crippen LogP contribution >= 0.6 is 0 Å². The van der Waals surface area contributed by atoms with Gasteiger partial charge in [-0.15, -0.1) is 0 Å². The van der Waals surface area contributed by atoms with Gasteiger partial charge in [-0.05, 0) is 19.8 Å². The first-order chi connectivity index (χ1) is 7.75. The number of hydrogen-bond acceptors (Lipinski definition) is 2. The van der Waals surface area contributed by atoms with Crippen LogP contribution in [0.2, 0.25) is 0 Å². The van der Waals surface area contributed by atoms with Gasteiger partial charge in [0.15, 0.2) is 5.54 Å². The van der Waals surface area contributed by atoms with Crippen LogP contribution < -0.4 is 11.1 Å². The van der Waals surface area contributed by atoms with Gasteiger partial charge < -0.3 is 11.1 Å². The molecule has 1 fully saturated rings. The molecule has 17 heavy (non-hydrogen) atoms. The Balaban J connectivity index is 2.58. The molecule has 1 unspecified atom stereocenters. The first kappa shape index (κ1) is 14.3. The molecule has 100 valence electrons. The molecule has 1 aliphatic carbocycles. The fraction of sp³-hybridized carbons (Fsp3) is 0.909. The molecule has 0 aromatic carbocycles. The summed E-state index contributed by atoms with van der Waals surface area (Å²) in [5.41, 5.74) is 2.25. The predicted octanol–water partition coefficient (Wildman–Crippen LogP) is 2.11. The lowest BCUT2D eigenvalue weighted by Crippen LogP contribution is -2.62. The molecular weight excluding hydrogens is 233 g/mol. The van der Waals surface area contributed by atoms with E-state index in [1.54, 1.807) is 0 Å². The zero-order valence-corrected chi connectivity index (χ0v) is 9.94. The smallest absolute Gasteiger partial charge is 0.351 e. The lowest BCUT2D eigenvalue weighted by Gasteiger charge is -2.28. The molecule has 0 radical (unpaired) electrons. The number of amides is 1. The van der Waals surface area contributed by atoms with E-state index in [0.29, 0.717) is 6.92 Å². The van der Waals surface area contributed by atoms with Crippen LogP contribution in [0.25, 0.3) is 0 Å². The average Bonchev–Trinajstić information content (AvgIpc) is 2.44. The summed E-state index contributed by atoms with van der Waals surface area (Å²) in [5, 5.41) is 2.42. The molecule has 3 N–H and O–H groups in total. The fourth-order valence-corrected chi connectivity index (χ4v) is 1.89. The minimum Gasteiger partial charge on any atom is -0.351 e. The molecule has 1 rings (SSSR count). The van der Waals surface area contributed by atoms with E-state index in [9.17, 15) is 18.0 Å². The third-order valence-electron chi connectivity index (χ3n) is 3.25. The Morgan fingerprint density at radius 2 is 1.65 bits per heavy atom. The maximum atomic E-state index is 12.5. The van der Waals surface area contributed by atoms with Gasteiger partial charge in [0.05, 0.1) is 0 Å². The van der Waals surface area contributed by atoms with Crippen molar-refractivity contribution in [2.24, 2.45) is 5.73 Å². The largest absolute Gasteiger partial charge is 0.415 e. The van der Waals surface area contributed by atoms with Crippen molar-refractivity contribution in [1.29, 1.82) is 0 Å². The van der Waals surface area contributed by atoms with Crippen molar-refractivity contribution in [1.82, 2.24) is 5.32 Å². The molecule has 1 atom stereocenters. The zero-order chi connectivity index (χ0) is 13.1. The highest BCUT2D eigenvalue weighted by molar-refractivity contribution is 5.86. The normalized spacial score (nSPS) is 22.6. The zero-order valence-electron chi connectivity index (χ0n) is 9.94. The maximum absolute atomic E-state index is 12.5. The molecule has 1 amide bonds. The molecule has 0 saturated heterocycles. The Kier molecular flexibility index (Phi) is 4.41. The molecule has 0 heterocycles. The number of nitrogens with two attached hydrogens (primary N) is 1. The number of alkyl halides is 3. The summed E-state index contributed by atoms with van der Waals surface area (Å²) in [6.07, 6.45) is 0.786. The van der Waals surface area contributed by atoms with Crippen LogP contribution in [0.4, 0.5) is 13.2 Å². The van der Waals surface area contributed by atoms with Gasteiger partial charge in [-0.1, -0.05) is 25.7 Å². The number of nitrogens with one attached hydrogen (secondary N) is 1. The van der Waals surface area contributed by atoms with E-state index in [0.717, 1.165) is 38.5 Å². The standard InChI is InChI=1S/C11H19F3N2O/c1-10(15,11(12,13)14)9(17)16-8-6-4-2-3-5-7-8/h8H,2-7,15H2,1H3,(H,16,17). The summed E-state index contributed by atoms with van der Waals surface area (Å²) >= 11 is 0. The van der Waals surface area contributed by atoms with E-state index in [2.05, 4.69) is 5.32 Å². The van der Waals surface area contributed by atoms with E-state index >= 15 is 0 Å². The van der Waals surface area contributed by atoms with Gasteiger partial charge in [-0.25, -0.2) is 0 Å². The topological polar surface area (TPSA) is 55.1 Å². The Bertz CT molecular complexity index is 268. The van der Waals surface area contributed by atoms with Gasteiger partial charge in [0, 0.05) is 6.04 Å². The lowest BCUT2D eigenvalue weighted by atomic mass is 10.0. The summed E-state index contributed by atoms with van der Waals surface area (Å²) in [5.74, 6) is -1.13. The first-order valence-electron chi connectivity index (χ1n) is 5.91. The van der Waals surface area contributed by atoms with E-state index in [4.69, 9.17) is 5.73 Å². The predicted molar refractivity (Wildman–Crippen MR) is 58.3 cm³/mol. The molecule has 0 aromatic rings. The molecule has 3 nitrogen and oxygen atoms in total. The van der Waals surface area contributed by atoms with Crippen LogP contribution in [0.1, 0.15) is 45.4 Å². The number of rotatable bonds is 2. The summed E-state index contributed by atoms with van der Waals surface area (Å²) in [6, 6.07) is -0.171. The van der Waals surface area contributed by atoms with Crippen LogP contribution in [0.15, 0.2) is 0 Å². The highest BCUT2D eigenvalue weighted by atomic mass is 19.4. The van der Waals surface area contributed by atoms with Gasteiger partial charge in [-0.3, -0.25) is 4.79 Å². The van der Waals surface area contributed by atoms with Crippen LogP contribution in [-0.4, -0.2) is 23.7 Å². The Hall–Kier alpha value is -0.780. The molecule has 6 heteroatoms. The Morgan fingerprint density at radius 1 is 1.18 bits per heavy atom. The van der Waals surface area contributed by atoms with Gasteiger partial charge >= 0.3 is 6.18 Å². The van der Waals surface area contributed by atoms with Crippen LogP contribution in [-0.2, 0) is 4.79 Å². The minimum atomic E-state index is -4.72. The SMILES string of the molecule is CC(N)(C(=O)NC1CCCCCC1)C(F)(F)F. The maximum Gasteiger partial charge on any atom is 0.415 e. The van der Waals surface area contributed by atoms with Crippen molar-refractivity contribution in [3.8, 4) is 0 Å². The van der Waals surface area contributed by atoms with Crippen molar-refractivity contribution in [3.05, 3.63) is 0 Å². The van der Waals surface area contributed by atoms with E-state index < -0.39 is 17.6 Å². The van der Waals surface area contributed by atoms with E-state index in [1.165, 1.54) is 0 Å². The summed E-state index contributed by atoms with van der Waals surface area (Å²) in [6.45, 7) is 0.707. The van der Waals surface area contributed by atoms with E-state index in [-0.39, 0.29) is 6.04 Å². The lowest BCUT2D eigenvalue weighted by molar-refractivity contribution is -0.187. The Morgan fingerprint density at radius 3 is 2.06 bits per heavy atom. The molecule has 0 spiro atoms. The second-order valence-electron chi connectivity index (χ2n) is 4.86. The third kappa shape index (κ3) is 3.59. The minimum absolute atomic E-state index is 0.171. The molecule has 1 saturated carbocycles. The Labute approximate surface area is 98.9 Å². The molecule has 1 aliphatic rings. The highest BCUT2D eigenvalue weighted by Gasteiger charge is 2.54. The first-order valence-corrected chi connectivity index (χ1v) is 5.91. The fourth-order valence-electron chi connectivity index (χ4n) is 1.89. The number of carbonyl (C=O) groups excluding carboxylic acids is 1. The van der Waals surface area contributed by atoms with Crippen molar-refractivity contribution in [2.45, 2.75) is 63.2 Å². The van der Waals surface area contributed by atoms with Crippen molar-refractivity contribution in [3.63, 3.8) is 0 Å². The average molecular weight is 252 g/mol. The van der Waals surface area contributed by atoms with Crippen LogP contribution in [0.5, 0.6) is 0 Å². The second kappa shape index (κ2) is 5.25. The van der Waals surface area contributed by atoms with E-state index in [1.807, 2.05) is 0 Å². The van der Waals surface area contributed by atoms with Gasteiger partial charge in [-0.2, -0.15) is 13.2 Å². The monoisotopic (exact) mass is 252 g/mol. The molecule has 0 bridgehead atoms. The third-order valence-corrected chi connectivity index (χ3v) is 3.25. The number of carbonyl (C=O) groups is 1. The van der Waals surface area contributed by atoms with Crippen molar-refractivity contribution < 1.29 is 18.0 Å². The summed E-state index contributed by atoms with van der Waals surface area (Å²) < 4.78 is 37.6. The second-order valence-corrected chi connectivity index (χ2v) is 4.86. The van der Waals surface area contributed by atoms with Gasteiger partial charge in [0.25, 0.3) is 0 Å². The number of halogens is 3. The van der Waals surface area contributed by atoms with Crippen molar-refractivity contribution in [2.75, 3.05) is 0 Å². The van der Waals surface area contributed by atoms with Crippen LogP contribution in [0.3, 0.4) is 0 Å². The number of hydrogen-bond donors (Lipinski definition) is 2. The quantitative estimate of drug-likeness (QED) is 0.739. The molecular formula is C11H19F3N2O. The summed E-state index contributed by atoms with van der Waals surface area (Å²) in [7, 11) is 0. The molecule has 0 aromatic heterocycles. The molecule has 0 aliphatic heterocycles.